The Labute approximate surface area is 119 Å². The van der Waals surface area contributed by atoms with Crippen LogP contribution >= 0.6 is 11.6 Å². The van der Waals surface area contributed by atoms with E-state index in [1.807, 2.05) is 6.92 Å². The monoisotopic (exact) mass is 303 g/mol. The van der Waals surface area contributed by atoms with Crippen LogP contribution in [-0.2, 0) is 10.0 Å². The van der Waals surface area contributed by atoms with Crippen molar-refractivity contribution in [2.75, 3.05) is 13.2 Å². The van der Waals surface area contributed by atoms with E-state index < -0.39 is 10.0 Å². The van der Waals surface area contributed by atoms with Crippen LogP contribution in [0.15, 0.2) is 29.7 Å². The smallest absolute Gasteiger partial charge is 0.244 e. The highest BCUT2D eigenvalue weighted by molar-refractivity contribution is 7.89. The zero-order valence-electron chi connectivity index (χ0n) is 11.1. The van der Waals surface area contributed by atoms with Gasteiger partial charge in [-0.05, 0) is 31.0 Å². The largest absolute Gasteiger partial charge is 0.492 e. The van der Waals surface area contributed by atoms with Crippen molar-refractivity contribution in [1.82, 2.24) is 4.72 Å². The summed E-state index contributed by atoms with van der Waals surface area (Å²) >= 11 is 5.99. The normalized spacial score (nSPS) is 11.3. The van der Waals surface area contributed by atoms with Crippen LogP contribution < -0.4 is 9.46 Å². The van der Waals surface area contributed by atoms with Crippen LogP contribution in [0.4, 0.5) is 0 Å². The highest BCUT2D eigenvalue weighted by atomic mass is 35.5. The maximum atomic E-state index is 12.1. The number of benzene rings is 1. The Morgan fingerprint density at radius 2 is 2.16 bits per heavy atom. The molecule has 0 saturated heterocycles. The fourth-order valence-electron chi connectivity index (χ4n) is 1.42. The summed E-state index contributed by atoms with van der Waals surface area (Å²) in [7, 11) is -3.65. The number of nitrogens with one attached hydrogen (secondary N) is 1. The number of ether oxygens (including phenoxy) is 1. The summed E-state index contributed by atoms with van der Waals surface area (Å²) in [4.78, 5) is 0.0541. The third kappa shape index (κ3) is 4.23. The standard InChI is InChI=1S/C13H18ClNO3S/c1-4-6-15-19(16,17)13-9-11(14)10(3)8-12(13)18-7-5-2/h4,8-9,15H,1,5-7H2,2-3H3. The molecule has 4 nitrogen and oxygen atoms in total. The minimum Gasteiger partial charge on any atom is -0.492 e. The summed E-state index contributed by atoms with van der Waals surface area (Å²) in [5.41, 5.74) is 0.774. The topological polar surface area (TPSA) is 55.4 Å². The summed E-state index contributed by atoms with van der Waals surface area (Å²) in [5.74, 6) is 0.320. The van der Waals surface area contributed by atoms with Crippen molar-refractivity contribution in [3.8, 4) is 5.75 Å². The van der Waals surface area contributed by atoms with Gasteiger partial charge in [0, 0.05) is 11.6 Å². The van der Waals surface area contributed by atoms with E-state index in [9.17, 15) is 8.42 Å². The van der Waals surface area contributed by atoms with Crippen LogP contribution in [0, 0.1) is 6.92 Å². The fourth-order valence-corrected chi connectivity index (χ4v) is 2.79. The van der Waals surface area contributed by atoms with E-state index in [1.165, 1.54) is 12.1 Å². The third-order valence-electron chi connectivity index (χ3n) is 2.39. The molecule has 6 heteroatoms. The minimum atomic E-state index is -3.65. The second kappa shape index (κ2) is 6.93. The Kier molecular flexibility index (Phi) is 5.85. The van der Waals surface area contributed by atoms with Crippen molar-refractivity contribution >= 4 is 21.6 Å². The molecule has 0 aromatic heterocycles. The van der Waals surface area contributed by atoms with Gasteiger partial charge in [-0.15, -0.1) is 6.58 Å². The van der Waals surface area contributed by atoms with E-state index in [-0.39, 0.29) is 11.4 Å². The minimum absolute atomic E-state index is 0.0541. The van der Waals surface area contributed by atoms with Gasteiger partial charge in [-0.2, -0.15) is 0 Å². The van der Waals surface area contributed by atoms with Gasteiger partial charge in [0.1, 0.15) is 10.6 Å². The summed E-state index contributed by atoms with van der Waals surface area (Å²) in [6.07, 6.45) is 2.27. The molecule has 0 atom stereocenters. The van der Waals surface area contributed by atoms with Gasteiger partial charge in [0.25, 0.3) is 0 Å². The number of rotatable bonds is 7. The lowest BCUT2D eigenvalue weighted by Gasteiger charge is -2.13. The molecule has 1 aromatic rings. The predicted molar refractivity (Wildman–Crippen MR) is 77.4 cm³/mol. The zero-order chi connectivity index (χ0) is 14.5. The second-order valence-corrected chi connectivity index (χ2v) is 6.18. The molecule has 0 aliphatic rings. The molecule has 1 aromatic carbocycles. The molecule has 0 aliphatic heterocycles. The molecule has 0 saturated carbocycles. The molecule has 1 rings (SSSR count). The van der Waals surface area contributed by atoms with Crippen LogP contribution in [0.1, 0.15) is 18.9 Å². The summed E-state index contributed by atoms with van der Waals surface area (Å²) in [5, 5.41) is 0.392. The molecule has 0 unspecified atom stereocenters. The van der Waals surface area contributed by atoms with Crippen LogP contribution in [0.5, 0.6) is 5.75 Å². The van der Waals surface area contributed by atoms with Gasteiger partial charge >= 0.3 is 0 Å². The summed E-state index contributed by atoms with van der Waals surface area (Å²) in [6, 6.07) is 3.05. The van der Waals surface area contributed by atoms with Gasteiger partial charge in [0.2, 0.25) is 10.0 Å². The molecule has 19 heavy (non-hydrogen) atoms. The van der Waals surface area contributed by atoms with E-state index in [1.54, 1.807) is 13.0 Å². The molecule has 0 radical (unpaired) electrons. The van der Waals surface area contributed by atoms with Crippen molar-refractivity contribution < 1.29 is 13.2 Å². The molecule has 0 amide bonds. The molecule has 1 N–H and O–H groups in total. The van der Waals surface area contributed by atoms with Gasteiger partial charge < -0.3 is 4.74 Å². The van der Waals surface area contributed by atoms with Gasteiger partial charge in [-0.3, -0.25) is 0 Å². The molecule has 0 bridgehead atoms. The summed E-state index contributed by atoms with van der Waals surface area (Å²) in [6.45, 7) is 7.83. The lowest BCUT2D eigenvalue weighted by molar-refractivity contribution is 0.309. The lowest BCUT2D eigenvalue weighted by atomic mass is 10.2. The third-order valence-corrected chi connectivity index (χ3v) is 4.25. The Hall–Kier alpha value is -1.04. The highest BCUT2D eigenvalue weighted by Gasteiger charge is 2.20. The number of hydrogen-bond donors (Lipinski definition) is 1. The van der Waals surface area contributed by atoms with Gasteiger partial charge in [-0.25, -0.2) is 13.1 Å². The van der Waals surface area contributed by atoms with Crippen LogP contribution in [0.2, 0.25) is 5.02 Å². The zero-order valence-corrected chi connectivity index (χ0v) is 12.6. The molecule has 0 heterocycles. The van der Waals surface area contributed by atoms with Gasteiger partial charge in [0.05, 0.1) is 6.61 Å². The van der Waals surface area contributed by atoms with E-state index in [0.29, 0.717) is 17.4 Å². The van der Waals surface area contributed by atoms with E-state index >= 15 is 0 Å². The Bertz CT molecular complexity index is 555. The van der Waals surface area contributed by atoms with E-state index in [2.05, 4.69) is 11.3 Å². The predicted octanol–water partition coefficient (Wildman–Crippen LogP) is 2.90. The van der Waals surface area contributed by atoms with Crippen LogP contribution in [-0.4, -0.2) is 21.6 Å². The first-order valence-corrected chi connectivity index (χ1v) is 7.82. The first-order valence-electron chi connectivity index (χ1n) is 5.96. The van der Waals surface area contributed by atoms with Crippen molar-refractivity contribution in [3.05, 3.63) is 35.4 Å². The Balaban J connectivity index is 3.23. The number of hydrogen-bond acceptors (Lipinski definition) is 3. The number of aryl methyl sites for hydroxylation is 1. The average Bonchev–Trinajstić information content (AvgIpc) is 2.37. The highest BCUT2D eigenvalue weighted by Crippen LogP contribution is 2.30. The molecule has 0 fully saturated rings. The lowest BCUT2D eigenvalue weighted by Crippen LogP contribution is -2.24. The Morgan fingerprint density at radius 3 is 2.74 bits per heavy atom. The SMILES string of the molecule is C=CCNS(=O)(=O)c1cc(Cl)c(C)cc1OCCC. The number of halogens is 1. The molecule has 106 valence electrons. The first-order chi connectivity index (χ1) is 8.92. The quantitative estimate of drug-likeness (QED) is 0.788. The van der Waals surface area contributed by atoms with Crippen molar-refractivity contribution in [1.29, 1.82) is 0 Å². The maximum Gasteiger partial charge on any atom is 0.244 e. The van der Waals surface area contributed by atoms with Crippen molar-refractivity contribution in [2.45, 2.75) is 25.2 Å². The second-order valence-electron chi connectivity index (χ2n) is 4.04. The Morgan fingerprint density at radius 1 is 1.47 bits per heavy atom. The number of sulfonamides is 1. The first kappa shape index (κ1) is 16.0. The molecular weight excluding hydrogens is 286 g/mol. The fraction of sp³-hybridized carbons (Fsp3) is 0.385. The molecule has 0 aliphatic carbocycles. The van der Waals surface area contributed by atoms with Crippen molar-refractivity contribution in [2.24, 2.45) is 0 Å². The van der Waals surface area contributed by atoms with Gasteiger partial charge in [-0.1, -0.05) is 24.6 Å². The van der Waals surface area contributed by atoms with Crippen LogP contribution in [0.3, 0.4) is 0 Å². The van der Waals surface area contributed by atoms with Crippen molar-refractivity contribution in [3.63, 3.8) is 0 Å². The van der Waals surface area contributed by atoms with E-state index in [4.69, 9.17) is 16.3 Å². The van der Waals surface area contributed by atoms with E-state index in [0.717, 1.165) is 12.0 Å². The van der Waals surface area contributed by atoms with Gasteiger partial charge in [0.15, 0.2) is 0 Å². The molecular formula is C13H18ClNO3S. The average molecular weight is 304 g/mol. The summed E-state index contributed by atoms with van der Waals surface area (Å²) < 4.78 is 32.2. The molecule has 0 spiro atoms. The van der Waals surface area contributed by atoms with Crippen LogP contribution in [0.25, 0.3) is 0 Å². The maximum absolute atomic E-state index is 12.1.